The van der Waals surface area contributed by atoms with Crippen molar-refractivity contribution in [2.75, 3.05) is 0 Å². The molecular weight excluding hydrogens is 412 g/mol. The number of rotatable bonds is 4. The van der Waals surface area contributed by atoms with Gasteiger partial charge in [0.25, 0.3) is 0 Å². The highest BCUT2D eigenvalue weighted by molar-refractivity contribution is 5.93. The molecule has 1 aromatic carbocycles. The number of benzene rings is 1. The first-order chi connectivity index (χ1) is 15.9. The minimum absolute atomic E-state index is 0.166. The number of pyridine rings is 2. The Morgan fingerprint density at radius 2 is 1.85 bits per heavy atom. The number of nitrogens with one attached hydrogen (secondary N) is 1. The van der Waals surface area contributed by atoms with Crippen molar-refractivity contribution in [2.45, 2.75) is 19.3 Å². The number of aromatic amines is 1. The molecule has 0 fully saturated rings. The lowest BCUT2D eigenvalue weighted by atomic mass is 9.86. The van der Waals surface area contributed by atoms with Crippen molar-refractivity contribution in [3.05, 3.63) is 89.4 Å². The van der Waals surface area contributed by atoms with E-state index in [1.165, 1.54) is 0 Å². The average Bonchev–Trinajstić information content (AvgIpc) is 3.40. The number of nitriles is 1. The van der Waals surface area contributed by atoms with Crippen molar-refractivity contribution in [1.29, 1.82) is 5.26 Å². The minimum atomic E-state index is -0.604. The van der Waals surface area contributed by atoms with Gasteiger partial charge in [0.05, 0.1) is 28.6 Å². The third-order valence-electron chi connectivity index (χ3n) is 5.96. The molecule has 4 heterocycles. The van der Waals surface area contributed by atoms with Gasteiger partial charge in [-0.2, -0.15) is 5.26 Å². The topological polar surface area (TPSA) is 92.3 Å². The second kappa shape index (κ2) is 7.61. The van der Waals surface area contributed by atoms with Crippen molar-refractivity contribution in [1.82, 2.24) is 24.1 Å². The van der Waals surface area contributed by atoms with Crippen LogP contribution in [0.4, 0.5) is 0 Å². The summed E-state index contributed by atoms with van der Waals surface area (Å²) < 4.78 is 3.19. The van der Waals surface area contributed by atoms with Crippen LogP contribution in [0, 0.1) is 11.3 Å². The normalized spacial score (nSPS) is 11.6. The molecule has 1 N–H and O–H groups in total. The largest absolute Gasteiger partial charge is 0.346 e. The van der Waals surface area contributed by atoms with E-state index in [0.717, 1.165) is 33.4 Å². The quantitative estimate of drug-likeness (QED) is 0.448. The number of hydrogen-bond acceptors (Lipinski definition) is 4. The average molecular weight is 435 g/mol. The third-order valence-corrected chi connectivity index (χ3v) is 5.96. The maximum Gasteiger partial charge on any atom is 0.333 e. The van der Waals surface area contributed by atoms with Crippen LogP contribution in [0.15, 0.2) is 78.1 Å². The lowest BCUT2D eigenvalue weighted by Gasteiger charge is -2.16. The molecule has 33 heavy (non-hydrogen) atoms. The summed E-state index contributed by atoms with van der Waals surface area (Å²) in [6.07, 6.45) is 7.23. The molecule has 0 radical (unpaired) electrons. The van der Waals surface area contributed by atoms with Gasteiger partial charge in [0, 0.05) is 42.8 Å². The molecule has 5 aromatic rings. The fourth-order valence-corrected chi connectivity index (χ4v) is 4.01. The van der Waals surface area contributed by atoms with Crippen molar-refractivity contribution in [3.8, 4) is 34.3 Å². The molecule has 0 amide bonds. The molecule has 5 rings (SSSR count). The van der Waals surface area contributed by atoms with Gasteiger partial charge in [-0.25, -0.2) is 9.78 Å². The highest BCUT2D eigenvalue weighted by atomic mass is 16.1. The molecule has 0 saturated heterocycles. The van der Waals surface area contributed by atoms with Crippen molar-refractivity contribution in [3.63, 3.8) is 0 Å². The molecule has 0 bridgehead atoms. The summed E-state index contributed by atoms with van der Waals surface area (Å²) in [4.78, 5) is 25.2. The fraction of sp³-hybridized carbons (Fsp3) is 0.154. The first-order valence-electron chi connectivity index (χ1n) is 10.6. The minimum Gasteiger partial charge on any atom is -0.346 e. The zero-order chi connectivity index (χ0) is 23.2. The van der Waals surface area contributed by atoms with E-state index in [1.54, 1.807) is 34.8 Å². The molecule has 0 aliphatic carbocycles. The summed E-state index contributed by atoms with van der Waals surface area (Å²) in [5, 5.41) is 10.4. The van der Waals surface area contributed by atoms with Gasteiger partial charge in [-0.1, -0.05) is 12.1 Å². The van der Waals surface area contributed by atoms with E-state index >= 15 is 0 Å². The van der Waals surface area contributed by atoms with Crippen molar-refractivity contribution >= 4 is 11.0 Å². The lowest BCUT2D eigenvalue weighted by molar-refractivity contribution is 0.686. The van der Waals surface area contributed by atoms with Crippen LogP contribution < -0.4 is 5.69 Å². The van der Waals surface area contributed by atoms with Gasteiger partial charge in [0.2, 0.25) is 0 Å². The van der Waals surface area contributed by atoms with Crippen LogP contribution in [0.1, 0.15) is 19.4 Å². The molecule has 0 spiro atoms. The summed E-state index contributed by atoms with van der Waals surface area (Å²) in [6.45, 7) is 3.75. The summed E-state index contributed by atoms with van der Waals surface area (Å²) in [5.74, 6) is 0. The van der Waals surface area contributed by atoms with Crippen LogP contribution in [-0.2, 0) is 12.5 Å². The van der Waals surface area contributed by atoms with Crippen molar-refractivity contribution in [2.24, 2.45) is 7.05 Å². The van der Waals surface area contributed by atoms with Crippen LogP contribution in [-0.4, -0.2) is 24.1 Å². The van der Waals surface area contributed by atoms with Crippen LogP contribution in [0.25, 0.3) is 39.2 Å². The summed E-state index contributed by atoms with van der Waals surface area (Å²) in [6, 6.07) is 17.7. The standard InChI is InChI=1S/C26H22N6O/c1-26(2,16-27)18-6-8-19(9-7-18)32-23(15-31(3)25(32)33)22-13-17(10-12-28-22)21-14-30-24-20(21)5-4-11-29-24/h4-15H,1-3H3,(H,29,30). The second-order valence-electron chi connectivity index (χ2n) is 8.56. The van der Waals surface area contributed by atoms with Crippen LogP contribution in [0.2, 0.25) is 0 Å². The molecule has 0 aliphatic rings. The SMILES string of the molecule is Cn1cc(-c2cc(-c3c[nH]c4ncccc34)ccn2)n(-c2ccc(C(C)(C)C#N)cc2)c1=O. The van der Waals surface area contributed by atoms with E-state index in [9.17, 15) is 10.1 Å². The molecule has 7 heteroatoms. The van der Waals surface area contributed by atoms with Crippen LogP contribution in [0.3, 0.4) is 0 Å². The number of fused-ring (bicyclic) bond motifs is 1. The zero-order valence-electron chi connectivity index (χ0n) is 18.6. The Hall–Kier alpha value is -4.44. The summed E-state index contributed by atoms with van der Waals surface area (Å²) in [7, 11) is 1.73. The van der Waals surface area contributed by atoms with Gasteiger partial charge in [-0.3, -0.25) is 9.55 Å². The van der Waals surface area contributed by atoms with Gasteiger partial charge < -0.3 is 9.55 Å². The molecule has 0 saturated carbocycles. The number of hydrogen-bond donors (Lipinski definition) is 1. The Kier molecular flexibility index (Phi) is 4.72. The first kappa shape index (κ1) is 20.5. The Bertz CT molecular complexity index is 1580. The number of H-pyrrole nitrogens is 1. The molecule has 4 aromatic heterocycles. The number of aryl methyl sites for hydroxylation is 1. The number of nitrogens with zero attached hydrogens (tertiary/aromatic N) is 5. The van der Waals surface area contributed by atoms with E-state index in [1.807, 2.05) is 68.6 Å². The zero-order valence-corrected chi connectivity index (χ0v) is 18.6. The molecule has 7 nitrogen and oxygen atoms in total. The first-order valence-corrected chi connectivity index (χ1v) is 10.6. The predicted octanol–water partition coefficient (Wildman–Crippen LogP) is 4.58. The Morgan fingerprint density at radius 3 is 2.61 bits per heavy atom. The highest BCUT2D eigenvalue weighted by Gasteiger charge is 2.21. The Morgan fingerprint density at radius 1 is 1.06 bits per heavy atom. The summed E-state index contributed by atoms with van der Waals surface area (Å²) >= 11 is 0. The van der Waals surface area contributed by atoms with Crippen LogP contribution >= 0.6 is 0 Å². The van der Waals surface area contributed by atoms with E-state index in [-0.39, 0.29) is 5.69 Å². The summed E-state index contributed by atoms with van der Waals surface area (Å²) in [5.41, 5.74) is 5.04. The Labute approximate surface area is 190 Å². The molecular formula is C26H22N6O. The second-order valence-corrected chi connectivity index (χ2v) is 8.56. The van der Waals surface area contributed by atoms with E-state index in [2.05, 4.69) is 21.0 Å². The monoisotopic (exact) mass is 434 g/mol. The highest BCUT2D eigenvalue weighted by Crippen LogP contribution is 2.30. The molecule has 0 atom stereocenters. The third kappa shape index (κ3) is 3.42. The van der Waals surface area contributed by atoms with Crippen molar-refractivity contribution < 1.29 is 0 Å². The van der Waals surface area contributed by atoms with Gasteiger partial charge in [-0.15, -0.1) is 0 Å². The van der Waals surface area contributed by atoms with E-state index in [0.29, 0.717) is 11.4 Å². The maximum absolute atomic E-state index is 13.0. The van der Waals surface area contributed by atoms with E-state index < -0.39 is 5.41 Å². The number of aromatic nitrogens is 5. The lowest BCUT2D eigenvalue weighted by Crippen LogP contribution is -2.21. The predicted molar refractivity (Wildman–Crippen MR) is 128 cm³/mol. The van der Waals surface area contributed by atoms with Gasteiger partial charge >= 0.3 is 5.69 Å². The number of imidazole rings is 1. The Balaban J connectivity index is 1.62. The fourth-order valence-electron chi connectivity index (χ4n) is 4.01. The molecule has 0 aliphatic heterocycles. The van der Waals surface area contributed by atoms with Gasteiger partial charge in [-0.05, 0) is 61.4 Å². The molecule has 162 valence electrons. The van der Waals surface area contributed by atoms with E-state index in [4.69, 9.17) is 0 Å². The maximum atomic E-state index is 13.0. The van der Waals surface area contributed by atoms with Gasteiger partial charge in [0.15, 0.2) is 0 Å². The smallest absolute Gasteiger partial charge is 0.333 e. The van der Waals surface area contributed by atoms with Crippen LogP contribution in [0.5, 0.6) is 0 Å². The van der Waals surface area contributed by atoms with Gasteiger partial charge in [0.1, 0.15) is 5.65 Å². The molecule has 0 unspecified atom stereocenters.